The maximum absolute atomic E-state index is 13.1. The van der Waals surface area contributed by atoms with E-state index >= 15 is 0 Å². The third-order valence-corrected chi connectivity index (χ3v) is 5.93. The molecule has 1 unspecified atom stereocenters. The van der Waals surface area contributed by atoms with Crippen molar-refractivity contribution < 1.29 is 19.4 Å². The average Bonchev–Trinajstić information content (AvgIpc) is 3.07. The number of hydrogen-bond acceptors (Lipinski definition) is 4. The summed E-state index contributed by atoms with van der Waals surface area (Å²) in [4.78, 5) is 24.3. The Hall–Kier alpha value is -3.15. The van der Waals surface area contributed by atoms with Gasteiger partial charge in [0.1, 0.15) is 6.61 Å². The van der Waals surface area contributed by atoms with Crippen LogP contribution in [0.25, 0.3) is 11.1 Å². The molecule has 0 heterocycles. The van der Waals surface area contributed by atoms with Gasteiger partial charge in [0.2, 0.25) is 0 Å². The molecule has 158 valence electrons. The topological polar surface area (TPSA) is 89.6 Å². The Morgan fingerprint density at radius 1 is 0.935 bits per heavy atom. The van der Waals surface area contributed by atoms with Gasteiger partial charge in [0.25, 0.3) is 0 Å². The number of carboxylic acids is 1. The average molecular weight is 436 g/mol. The number of fused-ring (bicyclic) bond motifs is 3. The number of ether oxygens (including phenoxy) is 1. The molecule has 3 aromatic carbocycles. The Balaban J connectivity index is 1.58. The summed E-state index contributed by atoms with van der Waals surface area (Å²) < 4.78 is 5.74. The van der Waals surface area contributed by atoms with Crippen LogP contribution in [0.1, 0.15) is 34.9 Å². The van der Waals surface area contributed by atoms with Crippen molar-refractivity contribution >= 4 is 23.5 Å². The molecule has 0 saturated heterocycles. The fourth-order valence-electron chi connectivity index (χ4n) is 4.24. The molecular weight excluding hydrogens is 414 g/mol. The third kappa shape index (κ3) is 4.33. The van der Waals surface area contributed by atoms with E-state index in [-0.39, 0.29) is 18.9 Å². The highest BCUT2D eigenvalue weighted by Gasteiger charge is 2.33. The van der Waals surface area contributed by atoms with Crippen LogP contribution in [0.2, 0.25) is 5.02 Å². The summed E-state index contributed by atoms with van der Waals surface area (Å²) in [6.07, 6.45) is -0.350. The number of rotatable bonds is 7. The number of halogens is 1. The van der Waals surface area contributed by atoms with Crippen LogP contribution in [-0.2, 0) is 14.3 Å². The first-order chi connectivity index (χ1) is 15.0. The summed E-state index contributed by atoms with van der Waals surface area (Å²) in [6.45, 7) is 0.150. The van der Waals surface area contributed by atoms with Crippen LogP contribution in [0, 0.1) is 0 Å². The number of carbonyl (C=O) groups is 2. The van der Waals surface area contributed by atoms with E-state index in [9.17, 15) is 14.7 Å². The summed E-state index contributed by atoms with van der Waals surface area (Å²) >= 11 is 5.96. The minimum atomic E-state index is -1.07. The summed E-state index contributed by atoms with van der Waals surface area (Å²) in [7, 11) is 0. The zero-order chi connectivity index (χ0) is 22.0. The molecule has 2 atom stereocenters. The van der Waals surface area contributed by atoms with Gasteiger partial charge in [-0.25, -0.2) is 0 Å². The summed E-state index contributed by atoms with van der Waals surface area (Å²) in [5.41, 5.74) is 11.2. The normalized spacial score (nSPS) is 14.4. The van der Waals surface area contributed by atoms with Crippen LogP contribution >= 0.6 is 11.6 Å². The molecule has 0 aromatic heterocycles. The van der Waals surface area contributed by atoms with Crippen LogP contribution in [0.15, 0.2) is 72.8 Å². The Morgan fingerprint density at radius 2 is 1.48 bits per heavy atom. The molecule has 4 rings (SSSR count). The first-order valence-corrected chi connectivity index (χ1v) is 10.4. The lowest BCUT2D eigenvalue weighted by molar-refractivity contribution is -0.146. The van der Waals surface area contributed by atoms with Crippen molar-refractivity contribution in [3.8, 4) is 11.1 Å². The molecule has 0 amide bonds. The fraction of sp³-hybridized carbons (Fsp3) is 0.200. The quantitative estimate of drug-likeness (QED) is 0.530. The Morgan fingerprint density at radius 3 is 2.03 bits per heavy atom. The highest BCUT2D eigenvalue weighted by Crippen LogP contribution is 2.44. The third-order valence-electron chi connectivity index (χ3n) is 5.68. The Kier molecular flexibility index (Phi) is 6.07. The van der Waals surface area contributed by atoms with Crippen LogP contribution in [-0.4, -0.2) is 29.7 Å². The summed E-state index contributed by atoms with van der Waals surface area (Å²) in [5.74, 6) is -2.60. The lowest BCUT2D eigenvalue weighted by Gasteiger charge is -2.23. The smallest absolute Gasteiger partial charge is 0.315 e. The number of carbonyl (C=O) groups excluding carboxylic acids is 1. The van der Waals surface area contributed by atoms with Gasteiger partial charge in [-0.1, -0.05) is 72.3 Å². The molecule has 0 radical (unpaired) electrons. The van der Waals surface area contributed by atoms with Crippen LogP contribution < -0.4 is 5.73 Å². The molecule has 1 aliphatic rings. The summed E-state index contributed by atoms with van der Waals surface area (Å²) in [6, 6.07) is 21.9. The van der Waals surface area contributed by atoms with E-state index in [0.717, 1.165) is 22.3 Å². The van der Waals surface area contributed by atoms with Crippen molar-refractivity contribution in [1.82, 2.24) is 0 Å². The molecule has 5 nitrogen and oxygen atoms in total. The minimum absolute atomic E-state index is 0.0853. The highest BCUT2D eigenvalue weighted by molar-refractivity contribution is 6.30. The predicted molar refractivity (Wildman–Crippen MR) is 119 cm³/mol. The second kappa shape index (κ2) is 8.92. The van der Waals surface area contributed by atoms with Crippen LogP contribution in [0.3, 0.4) is 0 Å². The highest BCUT2D eigenvalue weighted by atomic mass is 35.5. The second-order valence-corrected chi connectivity index (χ2v) is 8.08. The Labute approximate surface area is 185 Å². The van der Waals surface area contributed by atoms with Crippen molar-refractivity contribution in [2.75, 3.05) is 6.61 Å². The monoisotopic (exact) mass is 435 g/mol. The van der Waals surface area contributed by atoms with Gasteiger partial charge >= 0.3 is 11.9 Å². The molecular formula is C25H22ClNO4. The molecule has 0 fully saturated rings. The van der Waals surface area contributed by atoms with E-state index in [1.807, 2.05) is 36.4 Å². The van der Waals surface area contributed by atoms with Crippen molar-refractivity contribution in [2.45, 2.75) is 24.3 Å². The standard InChI is InChI=1S/C25H22ClNO4/c26-16-11-9-15(10-12-16)24(22(27)13-23(28)29)25(30)31-14-21-19-7-3-1-5-17(19)18-6-2-4-8-20(18)21/h1-12,21-22,24H,13-14,27H2,(H,28,29)/t22-,24?/m0/s1. The molecule has 0 spiro atoms. The van der Waals surface area contributed by atoms with E-state index < -0.39 is 23.9 Å². The maximum Gasteiger partial charge on any atom is 0.315 e. The van der Waals surface area contributed by atoms with Crippen molar-refractivity contribution in [3.05, 3.63) is 94.5 Å². The lowest BCUT2D eigenvalue weighted by atomic mass is 9.90. The zero-order valence-electron chi connectivity index (χ0n) is 16.7. The predicted octanol–water partition coefficient (Wildman–Crippen LogP) is 4.58. The lowest BCUT2D eigenvalue weighted by Crippen LogP contribution is -2.37. The number of carboxylic acid groups (broad SMARTS) is 1. The minimum Gasteiger partial charge on any atom is -0.481 e. The second-order valence-electron chi connectivity index (χ2n) is 7.65. The largest absolute Gasteiger partial charge is 0.481 e. The van der Waals surface area contributed by atoms with Gasteiger partial charge in [0.05, 0.1) is 12.3 Å². The van der Waals surface area contributed by atoms with Crippen molar-refractivity contribution in [1.29, 1.82) is 0 Å². The zero-order valence-corrected chi connectivity index (χ0v) is 17.5. The molecule has 1 aliphatic carbocycles. The van der Waals surface area contributed by atoms with Gasteiger partial charge in [-0.15, -0.1) is 0 Å². The molecule has 0 saturated carbocycles. The van der Waals surface area contributed by atoms with E-state index in [4.69, 9.17) is 22.1 Å². The molecule has 6 heteroatoms. The number of esters is 1. The van der Waals surface area contributed by atoms with Crippen LogP contribution in [0.5, 0.6) is 0 Å². The van der Waals surface area contributed by atoms with Crippen molar-refractivity contribution in [2.24, 2.45) is 5.73 Å². The molecule has 0 bridgehead atoms. The number of benzene rings is 3. The number of nitrogens with two attached hydrogens (primary N) is 1. The van der Waals surface area contributed by atoms with E-state index in [1.165, 1.54) is 0 Å². The molecule has 3 N–H and O–H groups in total. The first kappa shape index (κ1) is 21.1. The molecule has 31 heavy (non-hydrogen) atoms. The number of aliphatic carboxylic acids is 1. The number of hydrogen-bond donors (Lipinski definition) is 2. The fourth-order valence-corrected chi connectivity index (χ4v) is 4.37. The van der Waals surface area contributed by atoms with Gasteiger partial charge in [0.15, 0.2) is 0 Å². The van der Waals surface area contributed by atoms with E-state index in [0.29, 0.717) is 10.6 Å². The molecule has 3 aromatic rings. The van der Waals surface area contributed by atoms with Crippen LogP contribution in [0.4, 0.5) is 0 Å². The van der Waals surface area contributed by atoms with Gasteiger partial charge in [-0.3, -0.25) is 9.59 Å². The van der Waals surface area contributed by atoms with Gasteiger partial charge in [-0.2, -0.15) is 0 Å². The molecule has 0 aliphatic heterocycles. The van der Waals surface area contributed by atoms with Gasteiger partial charge < -0.3 is 15.6 Å². The van der Waals surface area contributed by atoms with E-state index in [2.05, 4.69) is 12.1 Å². The van der Waals surface area contributed by atoms with E-state index in [1.54, 1.807) is 24.3 Å². The van der Waals surface area contributed by atoms with Crippen molar-refractivity contribution in [3.63, 3.8) is 0 Å². The maximum atomic E-state index is 13.1. The SMILES string of the molecule is N[C@@H](CC(=O)O)C(C(=O)OCC1c2ccccc2-c2ccccc21)c1ccc(Cl)cc1. The summed E-state index contributed by atoms with van der Waals surface area (Å²) in [5, 5.41) is 9.69. The Bertz CT molecular complexity index is 1070. The first-order valence-electron chi connectivity index (χ1n) is 10.0. The van der Waals surface area contributed by atoms with Gasteiger partial charge in [0, 0.05) is 17.0 Å². The van der Waals surface area contributed by atoms with Gasteiger partial charge in [-0.05, 0) is 39.9 Å².